The van der Waals surface area contributed by atoms with Gasteiger partial charge in [0.2, 0.25) is 0 Å². The molecule has 1 heterocycles. The summed E-state index contributed by atoms with van der Waals surface area (Å²) in [6.07, 6.45) is 4.10. The van der Waals surface area contributed by atoms with Crippen molar-refractivity contribution < 1.29 is 4.43 Å². The van der Waals surface area contributed by atoms with Gasteiger partial charge in [-0.2, -0.15) is 0 Å². The second-order valence-corrected chi connectivity index (χ2v) is 14.2. The van der Waals surface area contributed by atoms with Crippen LogP contribution in [0.25, 0.3) is 10.2 Å². The summed E-state index contributed by atoms with van der Waals surface area (Å²) in [6.45, 7) is 18.6. The predicted molar refractivity (Wildman–Crippen MR) is 110 cm³/mol. The van der Waals surface area contributed by atoms with E-state index in [1.54, 1.807) is 11.3 Å². The summed E-state index contributed by atoms with van der Waals surface area (Å²) in [5.41, 5.74) is 1.00. The fraction of sp³-hybridized carbons (Fsp3) is 0.550. The molecular formula is C20H31NOSSi. The minimum Gasteiger partial charge on any atom is -0.417 e. The molecule has 0 radical (unpaired) electrons. The largest absolute Gasteiger partial charge is 0.417 e. The zero-order chi connectivity index (χ0) is 18.0. The van der Waals surface area contributed by atoms with Crippen LogP contribution in [0.3, 0.4) is 0 Å². The molecule has 0 unspecified atom stereocenters. The molecule has 0 fully saturated rings. The molecule has 1 aromatic carbocycles. The third-order valence-electron chi connectivity index (χ3n) is 5.34. The molecule has 2 aromatic rings. The SMILES string of the molecule is C=C[C@](C)(CCCO[Si](C)(C)C(C)(C)C)c1nc2ccccc2s1. The van der Waals surface area contributed by atoms with Crippen molar-refractivity contribution >= 4 is 29.9 Å². The molecule has 1 atom stereocenters. The number of rotatable bonds is 7. The standard InChI is InChI=1S/C20H31NOSSi/c1-8-20(5,14-11-15-22-24(6,7)19(2,3)4)18-21-16-12-9-10-13-17(16)23-18/h8-10,12-13H,1,11,14-15H2,2-7H3/t20-/m1/s1. The van der Waals surface area contributed by atoms with E-state index < -0.39 is 8.32 Å². The highest BCUT2D eigenvalue weighted by Crippen LogP contribution is 2.38. The van der Waals surface area contributed by atoms with Crippen LogP contribution < -0.4 is 0 Å². The summed E-state index contributed by atoms with van der Waals surface area (Å²) in [5.74, 6) is 0. The van der Waals surface area contributed by atoms with E-state index in [2.05, 4.69) is 71.6 Å². The number of fused-ring (bicyclic) bond motifs is 1. The average molecular weight is 362 g/mol. The van der Waals surface area contributed by atoms with Crippen LogP contribution in [0.2, 0.25) is 18.1 Å². The molecule has 24 heavy (non-hydrogen) atoms. The Bertz CT molecular complexity index is 668. The fourth-order valence-electron chi connectivity index (χ4n) is 2.40. The van der Waals surface area contributed by atoms with Gasteiger partial charge in [0, 0.05) is 12.0 Å². The lowest BCUT2D eigenvalue weighted by Gasteiger charge is -2.36. The van der Waals surface area contributed by atoms with Gasteiger partial charge in [0.15, 0.2) is 8.32 Å². The number of nitrogens with zero attached hydrogens (tertiary/aromatic N) is 1. The number of allylic oxidation sites excluding steroid dienone is 1. The maximum Gasteiger partial charge on any atom is 0.191 e. The van der Waals surface area contributed by atoms with Gasteiger partial charge in [-0.1, -0.05) is 39.0 Å². The van der Waals surface area contributed by atoms with E-state index in [-0.39, 0.29) is 10.5 Å². The Morgan fingerprint density at radius 3 is 2.46 bits per heavy atom. The molecular weight excluding hydrogens is 330 g/mol. The Labute approximate surface area is 152 Å². The molecule has 2 rings (SSSR count). The maximum absolute atomic E-state index is 6.32. The van der Waals surface area contributed by atoms with Crippen molar-refractivity contribution in [2.45, 2.75) is 64.1 Å². The molecule has 0 aliphatic rings. The van der Waals surface area contributed by atoms with Crippen molar-refractivity contribution in [1.82, 2.24) is 4.98 Å². The monoisotopic (exact) mass is 361 g/mol. The Hall–Kier alpha value is -0.973. The number of hydrogen-bond donors (Lipinski definition) is 0. The molecule has 0 saturated carbocycles. The molecule has 0 bridgehead atoms. The highest BCUT2D eigenvalue weighted by atomic mass is 32.1. The highest BCUT2D eigenvalue weighted by Gasteiger charge is 2.37. The van der Waals surface area contributed by atoms with E-state index in [1.165, 1.54) is 4.70 Å². The van der Waals surface area contributed by atoms with E-state index in [4.69, 9.17) is 9.41 Å². The summed E-state index contributed by atoms with van der Waals surface area (Å²) in [4.78, 5) is 4.84. The summed E-state index contributed by atoms with van der Waals surface area (Å²) in [7, 11) is -1.66. The van der Waals surface area contributed by atoms with Crippen LogP contribution in [-0.2, 0) is 9.84 Å². The number of thiazole rings is 1. The topological polar surface area (TPSA) is 22.1 Å². The summed E-state index contributed by atoms with van der Waals surface area (Å²) < 4.78 is 7.56. The first-order chi connectivity index (χ1) is 11.1. The first kappa shape index (κ1) is 19.4. The molecule has 1 aromatic heterocycles. The van der Waals surface area contributed by atoms with Crippen LogP contribution in [0.4, 0.5) is 0 Å². The number of hydrogen-bond acceptors (Lipinski definition) is 3. The van der Waals surface area contributed by atoms with Crippen LogP contribution in [0.1, 0.15) is 45.5 Å². The Balaban J connectivity index is 2.02. The molecule has 0 spiro atoms. The molecule has 132 valence electrons. The summed E-state index contributed by atoms with van der Waals surface area (Å²) in [5, 5.41) is 1.42. The molecule has 0 saturated heterocycles. The lowest BCUT2D eigenvalue weighted by atomic mass is 9.86. The minimum absolute atomic E-state index is 0.0829. The van der Waals surface area contributed by atoms with Gasteiger partial charge in [-0.25, -0.2) is 4.98 Å². The number of para-hydroxylation sites is 1. The van der Waals surface area contributed by atoms with Crippen LogP contribution >= 0.6 is 11.3 Å². The van der Waals surface area contributed by atoms with E-state index >= 15 is 0 Å². The van der Waals surface area contributed by atoms with Crippen molar-refractivity contribution in [3.63, 3.8) is 0 Å². The first-order valence-electron chi connectivity index (χ1n) is 8.73. The van der Waals surface area contributed by atoms with Gasteiger partial charge in [-0.05, 0) is 50.0 Å². The minimum atomic E-state index is -1.66. The van der Waals surface area contributed by atoms with Crippen molar-refractivity contribution in [2.75, 3.05) is 6.61 Å². The van der Waals surface area contributed by atoms with Gasteiger partial charge in [0.25, 0.3) is 0 Å². The second kappa shape index (κ2) is 7.10. The summed E-state index contributed by atoms with van der Waals surface area (Å²) >= 11 is 1.78. The predicted octanol–water partition coefficient (Wildman–Crippen LogP) is 6.54. The van der Waals surface area contributed by atoms with Gasteiger partial charge < -0.3 is 4.43 Å². The maximum atomic E-state index is 6.32. The van der Waals surface area contributed by atoms with Crippen molar-refractivity contribution in [2.24, 2.45) is 0 Å². The van der Waals surface area contributed by atoms with Crippen LogP contribution in [0.15, 0.2) is 36.9 Å². The lowest BCUT2D eigenvalue weighted by molar-refractivity contribution is 0.269. The second-order valence-electron chi connectivity index (χ2n) is 8.32. The van der Waals surface area contributed by atoms with E-state index in [9.17, 15) is 0 Å². The highest BCUT2D eigenvalue weighted by molar-refractivity contribution is 7.18. The quantitative estimate of drug-likeness (QED) is 0.317. The van der Waals surface area contributed by atoms with Crippen molar-refractivity contribution in [1.29, 1.82) is 0 Å². The molecule has 0 aliphatic carbocycles. The van der Waals surface area contributed by atoms with E-state index in [1.807, 2.05) is 6.07 Å². The third-order valence-corrected chi connectivity index (χ3v) is 11.2. The normalized spacial score (nSPS) is 15.4. The van der Waals surface area contributed by atoms with E-state index in [0.717, 1.165) is 30.0 Å². The van der Waals surface area contributed by atoms with Crippen molar-refractivity contribution in [3.8, 4) is 0 Å². The average Bonchev–Trinajstić information content (AvgIpc) is 2.95. The van der Waals surface area contributed by atoms with Gasteiger partial charge in [-0.15, -0.1) is 17.9 Å². The van der Waals surface area contributed by atoms with Gasteiger partial charge >= 0.3 is 0 Å². The zero-order valence-corrected chi connectivity index (χ0v) is 17.8. The number of benzene rings is 1. The van der Waals surface area contributed by atoms with Crippen LogP contribution in [0.5, 0.6) is 0 Å². The smallest absolute Gasteiger partial charge is 0.191 e. The fourth-order valence-corrected chi connectivity index (χ4v) is 4.62. The van der Waals surface area contributed by atoms with Gasteiger partial charge in [0.05, 0.1) is 10.2 Å². The molecule has 0 amide bonds. The lowest BCUT2D eigenvalue weighted by Crippen LogP contribution is -2.41. The number of aromatic nitrogens is 1. The zero-order valence-electron chi connectivity index (χ0n) is 16.0. The molecule has 0 aliphatic heterocycles. The third kappa shape index (κ3) is 4.16. The van der Waals surface area contributed by atoms with Crippen molar-refractivity contribution in [3.05, 3.63) is 41.9 Å². The summed E-state index contributed by atoms with van der Waals surface area (Å²) in [6, 6.07) is 8.34. The van der Waals surface area contributed by atoms with Crippen LogP contribution in [-0.4, -0.2) is 19.9 Å². The van der Waals surface area contributed by atoms with Gasteiger partial charge in [-0.3, -0.25) is 0 Å². The molecule has 0 N–H and O–H groups in total. The molecule has 2 nitrogen and oxygen atoms in total. The Kier molecular flexibility index (Phi) is 5.73. The van der Waals surface area contributed by atoms with E-state index in [0.29, 0.717) is 0 Å². The van der Waals surface area contributed by atoms with Crippen LogP contribution in [0, 0.1) is 0 Å². The molecule has 4 heteroatoms. The van der Waals surface area contributed by atoms with Gasteiger partial charge in [0.1, 0.15) is 5.01 Å². The Morgan fingerprint density at radius 2 is 1.88 bits per heavy atom. The first-order valence-corrected chi connectivity index (χ1v) is 12.5. The Morgan fingerprint density at radius 1 is 1.21 bits per heavy atom.